The summed E-state index contributed by atoms with van der Waals surface area (Å²) in [6, 6.07) is 22.4. The average Bonchev–Trinajstić information content (AvgIpc) is 3.24. The third kappa shape index (κ3) is 9.09. The molecule has 12 nitrogen and oxygen atoms in total. The number of nitrogens with zero attached hydrogens (tertiary/aromatic N) is 7. The van der Waals surface area contributed by atoms with Crippen LogP contribution in [-0.4, -0.2) is 84.0 Å². The summed E-state index contributed by atoms with van der Waals surface area (Å²) < 4.78 is 22.4. The lowest BCUT2D eigenvalue weighted by molar-refractivity contribution is 0.148. The summed E-state index contributed by atoms with van der Waals surface area (Å²) in [6.07, 6.45) is 11.3. The van der Waals surface area contributed by atoms with Gasteiger partial charge in [0.15, 0.2) is 0 Å². The second-order valence-corrected chi connectivity index (χ2v) is 14.1. The van der Waals surface area contributed by atoms with Gasteiger partial charge in [0.1, 0.15) is 23.0 Å². The number of rotatable bonds is 14. The van der Waals surface area contributed by atoms with E-state index >= 15 is 0 Å². The van der Waals surface area contributed by atoms with E-state index in [0.29, 0.717) is 25.1 Å². The number of nitrogens with two attached hydrogens (primary N) is 1. The van der Waals surface area contributed by atoms with E-state index in [-0.39, 0.29) is 12.1 Å². The van der Waals surface area contributed by atoms with Gasteiger partial charge in [-0.15, -0.1) is 0 Å². The van der Waals surface area contributed by atoms with Crippen LogP contribution in [0.4, 0.5) is 11.9 Å². The number of hydrogen-bond donors (Lipinski definition) is 1. The molecule has 0 bridgehead atoms. The fourth-order valence-corrected chi connectivity index (χ4v) is 7.85. The second-order valence-electron chi connectivity index (χ2n) is 14.1. The van der Waals surface area contributed by atoms with Gasteiger partial charge in [0.25, 0.3) is 0 Å². The van der Waals surface area contributed by atoms with Crippen LogP contribution in [0.5, 0.6) is 23.0 Å². The van der Waals surface area contributed by atoms with E-state index in [1.54, 1.807) is 19.2 Å². The normalized spacial score (nSPS) is 17.8. The first-order valence-electron chi connectivity index (χ1n) is 19.3. The van der Waals surface area contributed by atoms with Crippen molar-refractivity contribution in [3.63, 3.8) is 0 Å². The largest absolute Gasteiger partial charge is 0.497 e. The van der Waals surface area contributed by atoms with Crippen LogP contribution in [0.25, 0.3) is 22.3 Å². The highest BCUT2D eigenvalue weighted by Crippen LogP contribution is 2.36. The lowest BCUT2D eigenvalue weighted by Crippen LogP contribution is -2.56. The van der Waals surface area contributed by atoms with Crippen molar-refractivity contribution in [2.75, 3.05) is 57.0 Å². The van der Waals surface area contributed by atoms with E-state index in [0.717, 1.165) is 103 Å². The minimum absolute atomic E-state index is 0.0583. The molecule has 0 amide bonds. The molecule has 0 radical (unpaired) electrons. The highest BCUT2D eigenvalue weighted by atomic mass is 16.5. The fourth-order valence-electron chi connectivity index (χ4n) is 7.85. The molecular formula is C43H52N8O4. The van der Waals surface area contributed by atoms with Crippen molar-refractivity contribution in [3.05, 3.63) is 97.1 Å². The highest BCUT2D eigenvalue weighted by Gasteiger charge is 2.39. The number of benzene rings is 3. The molecule has 2 aliphatic heterocycles. The van der Waals surface area contributed by atoms with Gasteiger partial charge in [-0.25, -0.2) is 25.8 Å². The van der Waals surface area contributed by atoms with Gasteiger partial charge in [0.2, 0.25) is 11.9 Å². The Balaban J connectivity index is 1.07. The maximum atomic E-state index is 6.86. The van der Waals surface area contributed by atoms with E-state index in [1.165, 1.54) is 5.56 Å². The number of aromatic nitrogens is 4. The van der Waals surface area contributed by atoms with Gasteiger partial charge in [-0.05, 0) is 112 Å². The summed E-state index contributed by atoms with van der Waals surface area (Å²) in [6.45, 7) is 8.86. The molecule has 2 unspecified atom stereocenters. The van der Waals surface area contributed by atoms with E-state index in [2.05, 4.69) is 21.9 Å². The Morgan fingerprint density at radius 3 is 1.69 bits per heavy atom. The fraction of sp³-hybridized carbons (Fsp3) is 0.395. The van der Waals surface area contributed by atoms with E-state index in [1.807, 2.05) is 93.2 Å². The van der Waals surface area contributed by atoms with Gasteiger partial charge in [0, 0.05) is 61.1 Å². The molecule has 4 heterocycles. The molecule has 7 rings (SSSR count). The predicted octanol–water partition coefficient (Wildman–Crippen LogP) is 7.05. The molecule has 55 heavy (non-hydrogen) atoms. The average molecular weight is 745 g/mol. The Morgan fingerprint density at radius 2 is 1.18 bits per heavy atom. The molecule has 0 spiro atoms. The first kappa shape index (κ1) is 37.8. The predicted molar refractivity (Wildman–Crippen MR) is 216 cm³/mol. The molecule has 2 N–H and O–H groups in total. The zero-order valence-electron chi connectivity index (χ0n) is 32.3. The molecule has 0 aliphatic carbocycles. The molecule has 0 saturated carbocycles. The van der Waals surface area contributed by atoms with Gasteiger partial charge in [-0.1, -0.05) is 24.3 Å². The lowest BCUT2D eigenvalue weighted by Gasteiger charge is -2.47. The van der Waals surface area contributed by atoms with Gasteiger partial charge in [-0.2, -0.15) is 0 Å². The zero-order valence-corrected chi connectivity index (χ0v) is 32.3. The van der Waals surface area contributed by atoms with Crippen LogP contribution >= 0.6 is 0 Å². The van der Waals surface area contributed by atoms with Crippen molar-refractivity contribution in [1.82, 2.24) is 24.8 Å². The van der Waals surface area contributed by atoms with Crippen molar-refractivity contribution >= 4 is 11.9 Å². The first-order valence-corrected chi connectivity index (χ1v) is 19.3. The number of likely N-dealkylation sites (tertiary alicyclic amines) is 1. The summed E-state index contributed by atoms with van der Waals surface area (Å²) in [4.78, 5) is 24.2. The molecule has 2 saturated heterocycles. The Labute approximate surface area is 324 Å². The minimum Gasteiger partial charge on any atom is -0.497 e. The van der Waals surface area contributed by atoms with Gasteiger partial charge >= 0.3 is 0 Å². The standard InChI is InChI=1S/C43H52N8O4/c1-5-54-39-21-30(22-40(24-39)55-6-2)29-49-18-15-33(16-19-49)41-23-36(51(44)43-47-27-35(28-48-43)32-9-13-38(53-4)14-10-32)17-20-50(41)42-45-25-34(26-46-42)31-7-11-37(52-3)12-8-31/h7-14,21-22,24-28,33,36,41H,5-6,15-20,23,29,44H2,1-4H3. The van der Waals surface area contributed by atoms with Crippen LogP contribution in [0.3, 0.4) is 0 Å². The summed E-state index contributed by atoms with van der Waals surface area (Å²) >= 11 is 0. The number of hydrogen-bond acceptors (Lipinski definition) is 12. The SMILES string of the molecule is CCOc1cc(CN2CCC(C3CC(N(N)c4ncc(-c5ccc(OC)cc5)cn4)CCN3c3ncc(-c4ccc(OC)cc4)cn3)CC2)cc(OCC)c1. The van der Waals surface area contributed by atoms with E-state index in [4.69, 9.17) is 44.7 Å². The number of methoxy groups -OCH3 is 2. The molecule has 2 aliphatic rings. The Hall–Kier alpha value is -5.46. The smallest absolute Gasteiger partial charge is 0.240 e. The van der Waals surface area contributed by atoms with Crippen LogP contribution in [-0.2, 0) is 6.54 Å². The summed E-state index contributed by atoms with van der Waals surface area (Å²) in [5.74, 6) is 11.9. The van der Waals surface area contributed by atoms with E-state index in [9.17, 15) is 0 Å². The highest BCUT2D eigenvalue weighted by molar-refractivity contribution is 5.64. The van der Waals surface area contributed by atoms with Crippen LogP contribution in [0.15, 0.2) is 91.5 Å². The molecule has 3 aromatic carbocycles. The zero-order chi connectivity index (χ0) is 38.1. The third-order valence-corrected chi connectivity index (χ3v) is 10.8. The van der Waals surface area contributed by atoms with Crippen LogP contribution < -0.4 is 34.7 Å². The molecule has 288 valence electrons. The monoisotopic (exact) mass is 744 g/mol. The quantitative estimate of drug-likeness (QED) is 0.0926. The Kier molecular flexibility index (Phi) is 12.2. The van der Waals surface area contributed by atoms with Crippen molar-refractivity contribution in [1.29, 1.82) is 0 Å². The molecule has 5 aromatic rings. The maximum absolute atomic E-state index is 6.86. The third-order valence-electron chi connectivity index (χ3n) is 10.8. The van der Waals surface area contributed by atoms with Crippen LogP contribution in [0, 0.1) is 5.92 Å². The maximum Gasteiger partial charge on any atom is 0.240 e. The van der Waals surface area contributed by atoms with Gasteiger partial charge in [-0.3, -0.25) is 9.91 Å². The number of piperidine rings is 2. The van der Waals surface area contributed by atoms with Crippen molar-refractivity contribution in [3.8, 4) is 45.3 Å². The Morgan fingerprint density at radius 1 is 0.655 bits per heavy atom. The number of hydrazine groups is 1. The topological polar surface area (TPSA) is 124 Å². The second kappa shape index (κ2) is 17.8. The van der Waals surface area contributed by atoms with E-state index < -0.39 is 0 Å². The molecular weight excluding hydrogens is 693 g/mol. The number of anilines is 2. The van der Waals surface area contributed by atoms with Crippen molar-refractivity contribution in [2.45, 2.75) is 58.2 Å². The van der Waals surface area contributed by atoms with Gasteiger partial charge < -0.3 is 23.8 Å². The van der Waals surface area contributed by atoms with Gasteiger partial charge in [0.05, 0.1) is 33.5 Å². The summed E-state index contributed by atoms with van der Waals surface area (Å²) in [5.41, 5.74) is 5.16. The van der Waals surface area contributed by atoms with Crippen molar-refractivity contribution < 1.29 is 18.9 Å². The molecule has 2 aromatic heterocycles. The molecule has 2 fully saturated rings. The lowest BCUT2D eigenvalue weighted by atomic mass is 9.82. The van der Waals surface area contributed by atoms with Crippen LogP contribution in [0.2, 0.25) is 0 Å². The van der Waals surface area contributed by atoms with Crippen LogP contribution in [0.1, 0.15) is 45.1 Å². The number of ether oxygens (including phenoxy) is 4. The first-order chi connectivity index (χ1) is 26.9. The molecule has 12 heteroatoms. The molecule has 2 atom stereocenters. The van der Waals surface area contributed by atoms with Crippen molar-refractivity contribution in [2.24, 2.45) is 11.8 Å². The summed E-state index contributed by atoms with van der Waals surface area (Å²) in [5, 5.41) is 1.77. The Bertz CT molecular complexity index is 1930. The minimum atomic E-state index is 0.0583. The summed E-state index contributed by atoms with van der Waals surface area (Å²) in [7, 11) is 3.34.